The molecule has 1 aliphatic heterocycles. The second-order valence-electron chi connectivity index (χ2n) is 3.56. The van der Waals surface area contributed by atoms with Gasteiger partial charge in [0.1, 0.15) is 7.85 Å². The molecule has 2 heteroatoms. The minimum absolute atomic E-state index is 0.0232. The molecule has 62 valence electrons. The zero-order valence-electron chi connectivity index (χ0n) is 7.76. The largest absolute Gasteiger partial charge is 0.381 e. The molecule has 0 spiro atoms. The molecule has 0 aromatic heterocycles. The Balaban J connectivity index is 2.67. The number of ether oxygens (including phenoxy) is 1. The van der Waals surface area contributed by atoms with E-state index in [-0.39, 0.29) is 11.6 Å². The Bertz CT molecular complexity index is 132. The van der Waals surface area contributed by atoms with Gasteiger partial charge in [0.15, 0.2) is 0 Å². The molecule has 0 N–H and O–H groups in total. The number of rotatable bonds is 2. The normalized spacial score (nSPS) is 35.9. The molecule has 11 heavy (non-hydrogen) atoms. The summed E-state index contributed by atoms with van der Waals surface area (Å²) < 4.78 is 5.74. The van der Waals surface area contributed by atoms with Crippen molar-refractivity contribution in [1.82, 2.24) is 0 Å². The summed E-state index contributed by atoms with van der Waals surface area (Å²) in [6.07, 6.45) is 3.18. The molecular formula is C9H17BO. The van der Waals surface area contributed by atoms with Gasteiger partial charge in [0.05, 0.1) is 5.60 Å². The van der Waals surface area contributed by atoms with Crippen LogP contribution in [-0.2, 0) is 4.74 Å². The Labute approximate surface area is 70.9 Å². The van der Waals surface area contributed by atoms with Crippen LogP contribution < -0.4 is 0 Å². The maximum atomic E-state index is 5.74. The molecule has 2 unspecified atom stereocenters. The van der Waals surface area contributed by atoms with Gasteiger partial charge in [-0.2, -0.15) is 0 Å². The average molecular weight is 152 g/mol. The molecular weight excluding hydrogens is 135 g/mol. The van der Waals surface area contributed by atoms with Crippen LogP contribution in [0.1, 0.15) is 40.0 Å². The predicted molar refractivity (Wildman–Crippen MR) is 47.7 cm³/mol. The Morgan fingerprint density at radius 1 is 1.45 bits per heavy atom. The second-order valence-corrected chi connectivity index (χ2v) is 3.56. The Hall–Kier alpha value is 0.0249. The van der Waals surface area contributed by atoms with E-state index in [9.17, 15) is 0 Å². The van der Waals surface area contributed by atoms with Gasteiger partial charge < -0.3 is 4.74 Å². The molecule has 1 nitrogen and oxygen atoms in total. The van der Waals surface area contributed by atoms with Crippen LogP contribution in [0.15, 0.2) is 0 Å². The van der Waals surface area contributed by atoms with Gasteiger partial charge in [-0.05, 0) is 25.2 Å². The van der Waals surface area contributed by atoms with E-state index < -0.39 is 0 Å². The lowest BCUT2D eigenvalue weighted by molar-refractivity contribution is -0.0369. The van der Waals surface area contributed by atoms with Gasteiger partial charge in [0.2, 0.25) is 0 Å². The minimum atomic E-state index is -0.0232. The zero-order chi connectivity index (χ0) is 8.48. The first-order valence-corrected chi connectivity index (χ1v) is 4.58. The van der Waals surface area contributed by atoms with Crippen molar-refractivity contribution >= 4 is 7.85 Å². The first-order valence-electron chi connectivity index (χ1n) is 4.58. The van der Waals surface area contributed by atoms with E-state index in [0.29, 0.717) is 5.92 Å². The summed E-state index contributed by atoms with van der Waals surface area (Å²) in [5, 5.41) is 0. The van der Waals surface area contributed by atoms with Crippen LogP contribution in [0.4, 0.5) is 0 Å². The van der Waals surface area contributed by atoms with Gasteiger partial charge in [0.25, 0.3) is 0 Å². The van der Waals surface area contributed by atoms with E-state index in [2.05, 4.69) is 20.8 Å². The van der Waals surface area contributed by atoms with E-state index in [1.54, 1.807) is 0 Å². The quantitative estimate of drug-likeness (QED) is 0.550. The first kappa shape index (κ1) is 9.12. The zero-order valence-corrected chi connectivity index (χ0v) is 7.76. The van der Waals surface area contributed by atoms with Crippen molar-refractivity contribution < 1.29 is 4.74 Å². The van der Waals surface area contributed by atoms with E-state index in [1.165, 1.54) is 0 Å². The highest BCUT2D eigenvalue weighted by Gasteiger charge is 2.41. The van der Waals surface area contributed by atoms with Crippen LogP contribution in [0.2, 0.25) is 0 Å². The highest BCUT2D eigenvalue weighted by atomic mass is 16.5. The van der Waals surface area contributed by atoms with Crippen LogP contribution >= 0.6 is 0 Å². The molecule has 0 aromatic rings. The van der Waals surface area contributed by atoms with Gasteiger partial charge in [-0.25, -0.2) is 0 Å². The molecule has 1 aliphatic rings. The van der Waals surface area contributed by atoms with E-state index in [1.807, 2.05) is 0 Å². The monoisotopic (exact) mass is 152 g/mol. The van der Waals surface area contributed by atoms with E-state index >= 15 is 0 Å². The van der Waals surface area contributed by atoms with Gasteiger partial charge in [-0.1, -0.05) is 20.8 Å². The standard InChI is InChI=1S/C9H17BO/c1-4-9(5-2)7(3)6-8(10)11-9/h7-8H,4-6H2,1-3H3. The molecule has 0 bridgehead atoms. The second kappa shape index (κ2) is 3.18. The molecule has 1 rings (SSSR count). The van der Waals surface area contributed by atoms with Crippen molar-refractivity contribution in [3.8, 4) is 0 Å². The number of hydrogen-bond acceptors (Lipinski definition) is 1. The predicted octanol–water partition coefficient (Wildman–Crippen LogP) is 2.10. The molecule has 0 amide bonds. The molecule has 2 atom stereocenters. The summed E-state index contributed by atoms with van der Waals surface area (Å²) >= 11 is 0. The van der Waals surface area contributed by atoms with Crippen molar-refractivity contribution in [2.24, 2.45) is 5.92 Å². The fourth-order valence-corrected chi connectivity index (χ4v) is 2.14. The highest BCUT2D eigenvalue weighted by molar-refractivity contribution is 6.11. The molecule has 1 fully saturated rings. The Morgan fingerprint density at radius 3 is 2.18 bits per heavy atom. The van der Waals surface area contributed by atoms with E-state index in [4.69, 9.17) is 12.6 Å². The lowest BCUT2D eigenvalue weighted by Crippen LogP contribution is -2.32. The SMILES string of the molecule is [B]C1CC(C)C(CC)(CC)O1. The van der Waals surface area contributed by atoms with Gasteiger partial charge in [0, 0.05) is 6.00 Å². The van der Waals surface area contributed by atoms with Crippen molar-refractivity contribution in [2.75, 3.05) is 0 Å². The summed E-state index contributed by atoms with van der Waals surface area (Å²) in [6.45, 7) is 6.59. The fraction of sp³-hybridized carbons (Fsp3) is 1.00. The Kier molecular flexibility index (Phi) is 2.63. The molecule has 2 radical (unpaired) electrons. The summed E-state index contributed by atoms with van der Waals surface area (Å²) in [6, 6.07) is -0.0232. The Morgan fingerprint density at radius 2 is 2.00 bits per heavy atom. The van der Waals surface area contributed by atoms with Crippen LogP contribution in [0, 0.1) is 5.92 Å². The first-order chi connectivity index (χ1) is 5.14. The third kappa shape index (κ3) is 1.46. The van der Waals surface area contributed by atoms with Crippen LogP contribution in [0.5, 0.6) is 0 Å². The highest BCUT2D eigenvalue weighted by Crippen LogP contribution is 2.39. The maximum absolute atomic E-state index is 5.74. The lowest BCUT2D eigenvalue weighted by atomic mass is 9.82. The fourth-order valence-electron chi connectivity index (χ4n) is 2.14. The summed E-state index contributed by atoms with van der Waals surface area (Å²) in [4.78, 5) is 0. The summed E-state index contributed by atoms with van der Waals surface area (Å²) in [5.74, 6) is 0.618. The smallest absolute Gasteiger partial charge is 0.109 e. The van der Waals surface area contributed by atoms with Crippen molar-refractivity contribution in [3.05, 3.63) is 0 Å². The number of hydrogen-bond donors (Lipinski definition) is 0. The van der Waals surface area contributed by atoms with Gasteiger partial charge in [-0.3, -0.25) is 0 Å². The third-order valence-corrected chi connectivity index (χ3v) is 3.07. The summed E-state index contributed by atoms with van der Waals surface area (Å²) in [5.41, 5.74) is 0.0828. The lowest BCUT2D eigenvalue weighted by Gasteiger charge is -2.30. The van der Waals surface area contributed by atoms with Crippen LogP contribution in [0.3, 0.4) is 0 Å². The molecule has 0 aromatic carbocycles. The minimum Gasteiger partial charge on any atom is -0.381 e. The van der Waals surface area contributed by atoms with Crippen LogP contribution in [0.25, 0.3) is 0 Å². The van der Waals surface area contributed by atoms with Crippen molar-refractivity contribution in [1.29, 1.82) is 0 Å². The van der Waals surface area contributed by atoms with Crippen LogP contribution in [-0.4, -0.2) is 19.5 Å². The van der Waals surface area contributed by atoms with E-state index in [0.717, 1.165) is 19.3 Å². The average Bonchev–Trinajstić information content (AvgIpc) is 2.27. The van der Waals surface area contributed by atoms with Crippen molar-refractivity contribution in [3.63, 3.8) is 0 Å². The van der Waals surface area contributed by atoms with Gasteiger partial charge >= 0.3 is 0 Å². The molecule has 0 saturated carbocycles. The molecule has 1 heterocycles. The molecule has 0 aliphatic carbocycles. The maximum Gasteiger partial charge on any atom is 0.109 e. The topological polar surface area (TPSA) is 9.23 Å². The van der Waals surface area contributed by atoms with Crippen molar-refractivity contribution in [2.45, 2.75) is 51.6 Å². The molecule has 1 saturated heterocycles. The van der Waals surface area contributed by atoms with Gasteiger partial charge in [-0.15, -0.1) is 0 Å². The third-order valence-electron chi connectivity index (χ3n) is 3.07. The summed E-state index contributed by atoms with van der Waals surface area (Å²) in [7, 11) is 5.73.